The van der Waals surface area contributed by atoms with Crippen molar-refractivity contribution in [1.29, 1.82) is 0 Å². The maximum atomic E-state index is 12.6. The van der Waals surface area contributed by atoms with Gasteiger partial charge in [-0.1, -0.05) is 182 Å². The zero-order valence-corrected chi connectivity index (χ0v) is 33.9. The second-order valence-corrected chi connectivity index (χ2v) is 16.1. The number of hydrogen-bond donors (Lipinski definition) is 2. The molecule has 0 aromatic rings. The quantitative estimate of drug-likeness (QED) is 0.0361. The fourth-order valence-corrected chi connectivity index (χ4v) is 7.10. The molecule has 2 unspecified atom stereocenters. The van der Waals surface area contributed by atoms with E-state index in [-0.39, 0.29) is 37.9 Å². The predicted octanol–water partition coefficient (Wildman–Crippen LogP) is 11.5. The van der Waals surface area contributed by atoms with Crippen LogP contribution in [0.1, 0.15) is 207 Å². The Kier molecular flexibility index (Phi) is 34.4. The number of phosphoric acid groups is 1. The summed E-state index contributed by atoms with van der Waals surface area (Å²) in [5.41, 5.74) is 5.67. The molecule has 0 bridgehead atoms. The molecule has 0 aromatic heterocycles. The van der Waals surface area contributed by atoms with Gasteiger partial charge in [-0.2, -0.15) is 0 Å². The van der Waals surface area contributed by atoms with Crippen LogP contribution in [-0.4, -0.2) is 48.8 Å². The van der Waals surface area contributed by atoms with Crippen LogP contribution >= 0.6 is 7.82 Å². The largest absolute Gasteiger partial charge is 0.472 e. The summed E-state index contributed by atoms with van der Waals surface area (Å²) in [6.07, 6.45) is 30.5. The van der Waals surface area contributed by atoms with E-state index >= 15 is 0 Å². The van der Waals surface area contributed by atoms with Crippen molar-refractivity contribution in [2.45, 2.75) is 220 Å². The monoisotopic (exact) mass is 734 g/mol. The lowest BCUT2D eigenvalue weighted by Crippen LogP contribution is -2.31. The highest BCUT2D eigenvalue weighted by Crippen LogP contribution is 2.45. The Balaban J connectivity index is 4.42. The molecule has 3 N–H and O–H groups in total. The van der Waals surface area contributed by atoms with Gasteiger partial charge in [-0.25, -0.2) is 4.57 Å². The first-order valence-corrected chi connectivity index (χ1v) is 22.4. The Hall–Kier alpha value is -0.990. The SMILES string of the molecule is CCCCCCCCCCCCCCCC(=O)OC[C@H](COP(=O)(O)OC(CN)C(C)C)OC(=O)CCCCCCCCCCCCCCC. The number of hydrogen-bond acceptors (Lipinski definition) is 8. The highest BCUT2D eigenvalue weighted by atomic mass is 31.2. The standard InChI is InChI=1S/C40H80NO8P/c1-5-7-9-11-13-15-17-19-21-23-25-27-29-31-39(42)46-34-37(35-47-50(44,45)49-38(33-41)36(3)4)48-40(43)32-30-28-26-24-22-20-18-16-14-12-10-8-6-2/h36-38H,5-35,41H2,1-4H3,(H,44,45)/t37-,38?/m1/s1. The van der Waals surface area contributed by atoms with Gasteiger partial charge in [-0.3, -0.25) is 18.6 Å². The maximum Gasteiger partial charge on any atom is 0.472 e. The number of ether oxygens (including phenoxy) is 2. The third kappa shape index (κ3) is 32.9. The Morgan fingerprint density at radius 1 is 0.580 bits per heavy atom. The molecule has 50 heavy (non-hydrogen) atoms. The second-order valence-electron chi connectivity index (χ2n) is 14.7. The van der Waals surface area contributed by atoms with E-state index in [2.05, 4.69) is 13.8 Å². The first kappa shape index (κ1) is 49.0. The average molecular weight is 734 g/mol. The van der Waals surface area contributed by atoms with Gasteiger partial charge in [-0.05, 0) is 18.8 Å². The van der Waals surface area contributed by atoms with Gasteiger partial charge in [0, 0.05) is 19.4 Å². The van der Waals surface area contributed by atoms with Crippen LogP contribution in [-0.2, 0) is 32.7 Å². The third-order valence-corrected chi connectivity index (χ3v) is 10.4. The minimum atomic E-state index is -4.47. The highest BCUT2D eigenvalue weighted by molar-refractivity contribution is 7.47. The number of esters is 2. The first-order valence-electron chi connectivity index (χ1n) is 20.9. The number of carbonyl (C=O) groups excluding carboxylic acids is 2. The number of phosphoric ester groups is 1. The number of unbranched alkanes of at least 4 members (excludes halogenated alkanes) is 24. The molecule has 0 radical (unpaired) electrons. The van der Waals surface area contributed by atoms with Crippen LogP contribution in [0, 0.1) is 5.92 Å². The van der Waals surface area contributed by atoms with E-state index in [9.17, 15) is 19.0 Å². The van der Waals surface area contributed by atoms with Gasteiger partial charge in [-0.15, -0.1) is 0 Å². The fraction of sp³-hybridized carbons (Fsp3) is 0.950. The molecule has 298 valence electrons. The van der Waals surface area contributed by atoms with E-state index < -0.39 is 32.6 Å². The van der Waals surface area contributed by atoms with Crippen LogP contribution in [0.25, 0.3) is 0 Å². The molecule has 0 fully saturated rings. The smallest absolute Gasteiger partial charge is 0.462 e. The third-order valence-electron chi connectivity index (χ3n) is 9.37. The summed E-state index contributed by atoms with van der Waals surface area (Å²) in [7, 11) is -4.47. The topological polar surface area (TPSA) is 134 Å². The normalized spacial score (nSPS) is 14.1. The van der Waals surface area contributed by atoms with E-state index in [1.165, 1.54) is 128 Å². The number of rotatable bonds is 38. The molecule has 0 spiro atoms. The van der Waals surface area contributed by atoms with Crippen molar-refractivity contribution in [3.05, 3.63) is 0 Å². The lowest BCUT2D eigenvalue weighted by atomic mass is 10.0. The van der Waals surface area contributed by atoms with Gasteiger partial charge in [0.1, 0.15) is 6.61 Å². The second kappa shape index (κ2) is 35.1. The maximum absolute atomic E-state index is 12.6. The van der Waals surface area contributed by atoms with Gasteiger partial charge in [0.15, 0.2) is 6.10 Å². The van der Waals surface area contributed by atoms with E-state index in [4.69, 9.17) is 24.3 Å². The molecule has 0 saturated heterocycles. The van der Waals surface area contributed by atoms with Crippen molar-refractivity contribution in [1.82, 2.24) is 0 Å². The number of nitrogens with two attached hydrogens (primary N) is 1. The van der Waals surface area contributed by atoms with Crippen LogP contribution in [0.15, 0.2) is 0 Å². The summed E-state index contributed by atoms with van der Waals surface area (Å²) >= 11 is 0. The molecule has 9 nitrogen and oxygen atoms in total. The van der Waals surface area contributed by atoms with Crippen molar-refractivity contribution in [2.24, 2.45) is 11.7 Å². The molecule has 0 saturated carbocycles. The molecule has 0 aliphatic rings. The predicted molar refractivity (Wildman–Crippen MR) is 206 cm³/mol. The van der Waals surface area contributed by atoms with Crippen LogP contribution in [0.2, 0.25) is 0 Å². The Morgan fingerprint density at radius 3 is 1.30 bits per heavy atom. The van der Waals surface area contributed by atoms with Crippen molar-refractivity contribution >= 4 is 19.8 Å². The minimum Gasteiger partial charge on any atom is -0.462 e. The fourth-order valence-electron chi connectivity index (χ4n) is 6.01. The molecule has 10 heteroatoms. The van der Waals surface area contributed by atoms with E-state index in [0.717, 1.165) is 32.1 Å². The summed E-state index contributed by atoms with van der Waals surface area (Å²) in [5, 5.41) is 0. The van der Waals surface area contributed by atoms with E-state index in [0.29, 0.717) is 6.42 Å². The lowest BCUT2D eigenvalue weighted by molar-refractivity contribution is -0.161. The van der Waals surface area contributed by atoms with Gasteiger partial charge < -0.3 is 20.1 Å². The van der Waals surface area contributed by atoms with Gasteiger partial charge >= 0.3 is 19.8 Å². The summed E-state index contributed by atoms with van der Waals surface area (Å²) < 4.78 is 33.9. The molecule has 3 atom stereocenters. The van der Waals surface area contributed by atoms with Gasteiger partial charge in [0.25, 0.3) is 0 Å². The molecular formula is C40H80NO8P. The van der Waals surface area contributed by atoms with Crippen LogP contribution < -0.4 is 5.73 Å². The number of carbonyl (C=O) groups is 2. The summed E-state index contributed by atoms with van der Waals surface area (Å²) in [5.74, 6) is -0.911. The molecular weight excluding hydrogens is 653 g/mol. The summed E-state index contributed by atoms with van der Waals surface area (Å²) in [4.78, 5) is 35.4. The van der Waals surface area contributed by atoms with Crippen molar-refractivity contribution in [3.8, 4) is 0 Å². The van der Waals surface area contributed by atoms with Crippen LogP contribution in [0.5, 0.6) is 0 Å². The zero-order valence-electron chi connectivity index (χ0n) is 33.0. The van der Waals surface area contributed by atoms with Crippen molar-refractivity contribution in [3.63, 3.8) is 0 Å². The first-order chi connectivity index (χ1) is 24.1. The average Bonchev–Trinajstić information content (AvgIpc) is 3.08. The van der Waals surface area contributed by atoms with Crippen molar-refractivity contribution in [2.75, 3.05) is 19.8 Å². The van der Waals surface area contributed by atoms with E-state index in [1.807, 2.05) is 13.8 Å². The minimum absolute atomic E-state index is 0.0555. The summed E-state index contributed by atoms with van der Waals surface area (Å²) in [6, 6.07) is 0. The highest BCUT2D eigenvalue weighted by Gasteiger charge is 2.30. The zero-order chi connectivity index (χ0) is 37.1. The van der Waals surface area contributed by atoms with Gasteiger partial charge in [0.2, 0.25) is 0 Å². The molecule has 0 aromatic carbocycles. The molecule has 0 aliphatic carbocycles. The Bertz CT molecular complexity index is 827. The molecule has 0 rings (SSSR count). The molecule has 0 amide bonds. The van der Waals surface area contributed by atoms with E-state index in [1.54, 1.807) is 0 Å². The Labute approximate surface area is 307 Å². The van der Waals surface area contributed by atoms with Crippen molar-refractivity contribution < 1.29 is 37.6 Å². The molecule has 0 aliphatic heterocycles. The lowest BCUT2D eigenvalue weighted by Gasteiger charge is -2.24. The van der Waals surface area contributed by atoms with Crippen LogP contribution in [0.3, 0.4) is 0 Å². The Morgan fingerprint density at radius 2 is 0.940 bits per heavy atom. The summed E-state index contributed by atoms with van der Waals surface area (Å²) in [6.45, 7) is 7.53. The molecule has 0 heterocycles. The van der Waals surface area contributed by atoms with Crippen LogP contribution in [0.4, 0.5) is 0 Å². The van der Waals surface area contributed by atoms with Gasteiger partial charge in [0.05, 0.1) is 12.7 Å².